The quantitative estimate of drug-likeness (QED) is 0.856. The molecule has 25 heavy (non-hydrogen) atoms. The van der Waals surface area contributed by atoms with Gasteiger partial charge in [0.05, 0.1) is 11.1 Å². The Kier molecular flexibility index (Phi) is 5.37. The van der Waals surface area contributed by atoms with E-state index in [9.17, 15) is 18.0 Å². The minimum atomic E-state index is -4.38. The molecule has 0 atom stereocenters. The van der Waals surface area contributed by atoms with Gasteiger partial charge in [-0.25, -0.2) is 0 Å². The van der Waals surface area contributed by atoms with E-state index < -0.39 is 17.3 Å². The molecule has 0 fully saturated rings. The topological polar surface area (TPSA) is 64.4 Å². The number of nitrogens with two attached hydrogens (primary N) is 1. The zero-order chi connectivity index (χ0) is 18.7. The van der Waals surface area contributed by atoms with E-state index in [1.54, 1.807) is 44.2 Å². The Morgan fingerprint density at radius 1 is 1.12 bits per heavy atom. The van der Waals surface area contributed by atoms with Crippen molar-refractivity contribution in [2.24, 2.45) is 5.73 Å². The molecule has 2 rings (SSSR count). The number of rotatable bonds is 5. The second kappa shape index (κ2) is 7.14. The molecule has 0 saturated carbocycles. The monoisotopic (exact) mass is 352 g/mol. The van der Waals surface area contributed by atoms with E-state index in [2.05, 4.69) is 5.32 Å². The van der Waals surface area contributed by atoms with Crippen LogP contribution in [0.4, 0.5) is 18.9 Å². The normalized spacial score (nSPS) is 11.9. The number of hydrogen-bond donors (Lipinski definition) is 2. The molecule has 0 bridgehead atoms. The first-order chi connectivity index (χ1) is 11.6. The van der Waals surface area contributed by atoms with Gasteiger partial charge in [-0.2, -0.15) is 13.2 Å². The van der Waals surface area contributed by atoms with Gasteiger partial charge in [0.2, 0.25) is 5.91 Å². The maximum Gasteiger partial charge on any atom is 0.416 e. The number of anilines is 1. The molecule has 0 radical (unpaired) electrons. The Bertz CT molecular complexity index is 735. The lowest BCUT2D eigenvalue weighted by atomic mass is 10.1. The van der Waals surface area contributed by atoms with Crippen LogP contribution in [-0.4, -0.2) is 11.4 Å². The van der Waals surface area contributed by atoms with Crippen molar-refractivity contribution in [1.82, 2.24) is 0 Å². The smallest absolute Gasteiger partial charge is 0.416 e. The molecule has 1 amide bonds. The van der Waals surface area contributed by atoms with Gasteiger partial charge in [0, 0.05) is 5.69 Å². The van der Waals surface area contributed by atoms with E-state index in [0.717, 1.165) is 12.1 Å². The van der Waals surface area contributed by atoms with Gasteiger partial charge in [0.25, 0.3) is 0 Å². The molecule has 0 aliphatic carbocycles. The van der Waals surface area contributed by atoms with Crippen molar-refractivity contribution in [3.63, 3.8) is 0 Å². The summed E-state index contributed by atoms with van der Waals surface area (Å²) in [7, 11) is 0. The summed E-state index contributed by atoms with van der Waals surface area (Å²) in [6.07, 6.45) is -4.38. The molecule has 2 aromatic rings. The Hall–Kier alpha value is -2.54. The maximum atomic E-state index is 12.7. The predicted octanol–water partition coefficient (Wildman–Crippen LogP) is 3.96. The van der Waals surface area contributed by atoms with Crippen LogP contribution in [0.3, 0.4) is 0 Å². The van der Waals surface area contributed by atoms with Crippen LogP contribution in [0.25, 0.3) is 0 Å². The molecule has 0 aliphatic heterocycles. The van der Waals surface area contributed by atoms with Gasteiger partial charge in [0.1, 0.15) is 12.4 Å². The first-order valence-corrected chi connectivity index (χ1v) is 7.55. The van der Waals surface area contributed by atoms with Crippen molar-refractivity contribution >= 4 is 11.6 Å². The third-order valence-electron chi connectivity index (χ3n) is 3.36. The van der Waals surface area contributed by atoms with Gasteiger partial charge in [-0.05, 0) is 55.8 Å². The number of amides is 1. The van der Waals surface area contributed by atoms with Crippen LogP contribution in [0.2, 0.25) is 0 Å². The Morgan fingerprint density at radius 2 is 1.76 bits per heavy atom. The van der Waals surface area contributed by atoms with Crippen LogP contribution in [0.1, 0.15) is 25.0 Å². The summed E-state index contributed by atoms with van der Waals surface area (Å²) in [6, 6.07) is 11.5. The van der Waals surface area contributed by atoms with Crippen molar-refractivity contribution in [3.8, 4) is 5.75 Å². The molecule has 0 unspecified atom stereocenters. The van der Waals surface area contributed by atoms with Crippen LogP contribution in [0.5, 0.6) is 5.75 Å². The second-order valence-electron chi connectivity index (χ2n) is 6.19. The maximum absolute atomic E-state index is 12.7. The summed E-state index contributed by atoms with van der Waals surface area (Å²) in [6.45, 7) is 3.19. The number of benzene rings is 2. The van der Waals surface area contributed by atoms with Crippen molar-refractivity contribution in [1.29, 1.82) is 0 Å². The SMILES string of the molecule is CC(C)(N)C(=O)Nc1ccc(OCc2cccc(C(F)(F)F)c2)cc1. The lowest BCUT2D eigenvalue weighted by Crippen LogP contribution is -2.45. The average molecular weight is 352 g/mol. The molecule has 0 aromatic heterocycles. The van der Waals surface area contributed by atoms with Crippen LogP contribution in [0, 0.1) is 0 Å². The Balaban J connectivity index is 1.97. The average Bonchev–Trinajstić information content (AvgIpc) is 2.53. The highest BCUT2D eigenvalue weighted by atomic mass is 19.4. The van der Waals surface area contributed by atoms with E-state index in [-0.39, 0.29) is 12.5 Å². The largest absolute Gasteiger partial charge is 0.489 e. The fraction of sp³-hybridized carbons (Fsp3) is 0.278. The molecule has 4 nitrogen and oxygen atoms in total. The van der Waals surface area contributed by atoms with Gasteiger partial charge in [0.15, 0.2) is 0 Å². The van der Waals surface area contributed by atoms with Crippen LogP contribution in [-0.2, 0) is 17.6 Å². The number of alkyl halides is 3. The van der Waals surface area contributed by atoms with E-state index in [0.29, 0.717) is 17.0 Å². The predicted molar refractivity (Wildman–Crippen MR) is 89.1 cm³/mol. The molecule has 7 heteroatoms. The van der Waals surface area contributed by atoms with E-state index >= 15 is 0 Å². The third-order valence-corrected chi connectivity index (χ3v) is 3.36. The van der Waals surface area contributed by atoms with Gasteiger partial charge in [-0.15, -0.1) is 0 Å². The van der Waals surface area contributed by atoms with Crippen molar-refractivity contribution in [2.75, 3.05) is 5.32 Å². The third kappa shape index (κ3) is 5.49. The van der Waals surface area contributed by atoms with Crippen molar-refractivity contribution < 1.29 is 22.7 Å². The van der Waals surface area contributed by atoms with Crippen LogP contribution in [0.15, 0.2) is 48.5 Å². The molecule has 0 heterocycles. The summed E-state index contributed by atoms with van der Waals surface area (Å²) in [5.41, 5.74) is 4.95. The minimum Gasteiger partial charge on any atom is -0.489 e. The van der Waals surface area contributed by atoms with E-state index in [1.165, 1.54) is 6.07 Å². The zero-order valence-electron chi connectivity index (χ0n) is 13.9. The summed E-state index contributed by atoms with van der Waals surface area (Å²) >= 11 is 0. The fourth-order valence-electron chi connectivity index (χ4n) is 1.93. The molecule has 0 spiro atoms. The highest BCUT2D eigenvalue weighted by Gasteiger charge is 2.30. The van der Waals surface area contributed by atoms with Crippen molar-refractivity contribution in [2.45, 2.75) is 32.2 Å². The summed E-state index contributed by atoms with van der Waals surface area (Å²) < 4.78 is 43.5. The van der Waals surface area contributed by atoms with Crippen molar-refractivity contribution in [3.05, 3.63) is 59.7 Å². The number of carbonyl (C=O) groups is 1. The van der Waals surface area contributed by atoms with E-state index in [4.69, 9.17) is 10.5 Å². The van der Waals surface area contributed by atoms with Gasteiger partial charge in [-0.3, -0.25) is 4.79 Å². The lowest BCUT2D eigenvalue weighted by molar-refractivity contribution is -0.137. The number of carbonyl (C=O) groups excluding carboxylic acids is 1. The number of hydrogen-bond acceptors (Lipinski definition) is 3. The Morgan fingerprint density at radius 3 is 2.32 bits per heavy atom. The van der Waals surface area contributed by atoms with Gasteiger partial charge < -0.3 is 15.8 Å². The van der Waals surface area contributed by atoms with E-state index in [1.807, 2.05) is 0 Å². The first-order valence-electron chi connectivity index (χ1n) is 7.55. The van der Waals surface area contributed by atoms with Gasteiger partial charge >= 0.3 is 6.18 Å². The first kappa shape index (κ1) is 18.8. The molecule has 134 valence electrons. The summed E-state index contributed by atoms with van der Waals surface area (Å²) in [5.74, 6) is 0.146. The molecule has 3 N–H and O–H groups in total. The molecular formula is C18H19F3N2O2. The number of ether oxygens (including phenoxy) is 1. The minimum absolute atomic E-state index is 0.00541. The Labute approximate surface area is 143 Å². The van der Waals surface area contributed by atoms with Gasteiger partial charge in [-0.1, -0.05) is 12.1 Å². The molecule has 0 saturated heterocycles. The summed E-state index contributed by atoms with van der Waals surface area (Å²) in [5, 5.41) is 2.66. The standard InChI is InChI=1S/C18H19F3N2O2/c1-17(2,22)16(24)23-14-6-8-15(9-7-14)25-11-12-4-3-5-13(10-12)18(19,20)21/h3-10H,11,22H2,1-2H3,(H,23,24). The zero-order valence-corrected chi connectivity index (χ0v) is 13.9. The van der Waals surface area contributed by atoms with Crippen LogP contribution < -0.4 is 15.8 Å². The fourth-order valence-corrected chi connectivity index (χ4v) is 1.93. The molecule has 0 aliphatic rings. The number of halogens is 3. The molecule has 2 aromatic carbocycles. The summed E-state index contributed by atoms with van der Waals surface area (Å²) in [4.78, 5) is 11.8. The lowest BCUT2D eigenvalue weighted by Gasteiger charge is -2.17. The number of nitrogens with one attached hydrogen (secondary N) is 1. The van der Waals surface area contributed by atoms with Crippen LogP contribution >= 0.6 is 0 Å². The second-order valence-corrected chi connectivity index (χ2v) is 6.19. The highest BCUT2D eigenvalue weighted by molar-refractivity contribution is 5.97. The molecular weight excluding hydrogens is 333 g/mol. The highest BCUT2D eigenvalue weighted by Crippen LogP contribution is 2.29.